The zero-order valence-corrected chi connectivity index (χ0v) is 13.9. The van der Waals surface area contributed by atoms with Crippen LogP contribution in [-0.4, -0.2) is 11.9 Å². The molecule has 0 amide bonds. The second kappa shape index (κ2) is 8.82. The van der Waals surface area contributed by atoms with E-state index in [0.717, 1.165) is 11.1 Å². The molecule has 24 heavy (non-hydrogen) atoms. The van der Waals surface area contributed by atoms with Gasteiger partial charge in [-0.05, 0) is 12.1 Å². The predicted octanol–water partition coefficient (Wildman–Crippen LogP) is 4.15. The van der Waals surface area contributed by atoms with Crippen LogP contribution in [0.25, 0.3) is 6.08 Å². The van der Waals surface area contributed by atoms with E-state index in [9.17, 15) is 4.79 Å². The molecule has 0 radical (unpaired) electrons. The van der Waals surface area contributed by atoms with Gasteiger partial charge in [0.15, 0.2) is 0 Å². The Morgan fingerprint density at radius 2 is 1.67 bits per heavy atom. The van der Waals surface area contributed by atoms with Gasteiger partial charge in [0, 0.05) is 22.6 Å². The first-order chi connectivity index (χ1) is 11.3. The molecule has 0 bridgehead atoms. The Balaban J connectivity index is 0.000000300. The fourth-order valence-corrected chi connectivity index (χ4v) is 2.08. The van der Waals surface area contributed by atoms with Crippen LogP contribution in [0.3, 0.4) is 0 Å². The number of nitrogens with zero attached hydrogens (tertiary/aromatic N) is 1. The first-order valence-electron chi connectivity index (χ1n) is 7.29. The van der Waals surface area contributed by atoms with Crippen molar-refractivity contribution in [3.63, 3.8) is 0 Å². The molecule has 4 heteroatoms. The Labute approximate surface area is 151 Å². The van der Waals surface area contributed by atoms with Crippen LogP contribution in [0.15, 0.2) is 95.6 Å². The largest absolute Gasteiger partial charge is 0.684 e. The molecule has 0 aromatic heterocycles. The van der Waals surface area contributed by atoms with E-state index >= 15 is 0 Å². The quantitative estimate of drug-likeness (QED) is 0.299. The number of hydrogen-bond acceptors (Lipinski definition) is 3. The number of hydrogen-bond donors (Lipinski definition) is 0. The number of ether oxygens (including phenoxy) is 1. The summed E-state index contributed by atoms with van der Waals surface area (Å²) < 4.78 is 5.15. The molecule has 126 valence electrons. The molecule has 1 aliphatic heterocycles. The van der Waals surface area contributed by atoms with E-state index in [1.165, 1.54) is 0 Å². The molecule has 1 aliphatic rings. The van der Waals surface area contributed by atoms with Crippen molar-refractivity contribution in [2.75, 3.05) is 0 Å². The molecule has 0 N–H and O–H groups in total. The molecule has 1 heterocycles. The van der Waals surface area contributed by atoms with Gasteiger partial charge in [0.1, 0.15) is 0 Å². The van der Waals surface area contributed by atoms with Crippen LogP contribution >= 0.6 is 0 Å². The van der Waals surface area contributed by atoms with Gasteiger partial charge in [-0.2, -0.15) is 18.2 Å². The molecule has 0 atom stereocenters. The van der Waals surface area contributed by atoms with Crippen molar-refractivity contribution in [3.8, 4) is 0 Å². The van der Waals surface area contributed by atoms with Gasteiger partial charge in [-0.3, -0.25) is 4.79 Å². The summed E-state index contributed by atoms with van der Waals surface area (Å²) in [4.78, 5) is 15.9. The minimum absolute atomic E-state index is 0. The number of benzene rings is 1. The van der Waals surface area contributed by atoms with Crippen molar-refractivity contribution >= 4 is 17.9 Å². The average molecular weight is 357 g/mol. The normalized spacial score (nSPS) is 14.2. The summed E-state index contributed by atoms with van der Waals surface area (Å²) in [6.07, 6.45) is 1.72. The third-order valence-electron chi connectivity index (χ3n) is 3.19. The zero-order valence-electron chi connectivity index (χ0n) is 12.8. The number of carbonyl (C=O) groups excluding carboxylic acids is 1. The molecular formula is C20H15FeNO2-6. The van der Waals surface area contributed by atoms with E-state index < -0.39 is 5.97 Å². The molecule has 0 unspecified atom stereocenters. The average Bonchev–Trinajstić information content (AvgIpc) is 3.33. The molecule has 3 aromatic carbocycles. The maximum absolute atomic E-state index is 11.7. The molecule has 0 spiro atoms. The van der Waals surface area contributed by atoms with Crippen LogP contribution in [0.5, 0.6) is 0 Å². The Morgan fingerprint density at radius 1 is 1.00 bits per heavy atom. The van der Waals surface area contributed by atoms with Crippen molar-refractivity contribution in [2.45, 2.75) is 0 Å². The minimum Gasteiger partial charge on any atom is -0.684 e. The second-order valence-electron chi connectivity index (χ2n) is 4.88. The van der Waals surface area contributed by atoms with Gasteiger partial charge < -0.3 is 45.6 Å². The van der Waals surface area contributed by atoms with Crippen LogP contribution in [-0.2, 0) is 26.6 Å². The van der Waals surface area contributed by atoms with Gasteiger partial charge >= 0.3 is 0 Å². The van der Waals surface area contributed by atoms with E-state index in [0.29, 0.717) is 11.6 Å². The van der Waals surface area contributed by atoms with Crippen LogP contribution < -0.4 is 0 Å². The van der Waals surface area contributed by atoms with E-state index in [-0.39, 0.29) is 17.1 Å². The smallest absolute Gasteiger partial charge is 0.214 e. The molecule has 3 nitrogen and oxygen atoms in total. The maximum Gasteiger partial charge on any atom is 0.214 e. The third kappa shape index (κ3) is 4.66. The maximum atomic E-state index is 11.7. The fourth-order valence-electron chi connectivity index (χ4n) is 2.08. The summed E-state index contributed by atoms with van der Waals surface area (Å²) in [5, 5.41) is 0. The summed E-state index contributed by atoms with van der Waals surface area (Å²) >= 11 is 0. The third-order valence-corrected chi connectivity index (χ3v) is 3.19. The topological polar surface area (TPSA) is 38.7 Å². The first kappa shape index (κ1) is 17.7. The Morgan fingerprint density at radius 3 is 2.25 bits per heavy atom. The van der Waals surface area contributed by atoms with Gasteiger partial charge in [0.2, 0.25) is 11.9 Å². The summed E-state index contributed by atoms with van der Waals surface area (Å²) in [6, 6.07) is 27.0. The van der Waals surface area contributed by atoms with E-state index in [1.807, 2.05) is 84.9 Å². The summed E-state index contributed by atoms with van der Waals surface area (Å²) in [5.74, 6) is -0.0477. The van der Waals surface area contributed by atoms with E-state index in [1.54, 1.807) is 6.08 Å². The van der Waals surface area contributed by atoms with Crippen LogP contribution in [0.1, 0.15) is 11.1 Å². The first-order valence-corrected chi connectivity index (χ1v) is 7.29. The van der Waals surface area contributed by atoms with E-state index in [4.69, 9.17) is 4.74 Å². The fraction of sp³-hybridized carbons (Fsp3) is 0. The van der Waals surface area contributed by atoms with Crippen molar-refractivity contribution in [2.24, 2.45) is 4.99 Å². The van der Waals surface area contributed by atoms with Crippen LogP contribution in [0.2, 0.25) is 0 Å². The Kier molecular flexibility index (Phi) is 6.50. The number of esters is 1. The van der Waals surface area contributed by atoms with Gasteiger partial charge in [-0.25, -0.2) is 17.8 Å². The monoisotopic (exact) mass is 357 g/mol. The SMILES string of the molecule is O=C1OC(c2ccccc2)=N/C1=C\[c-]1[cH-][cH-][cH-][cH-]1.[Fe].c1cc[cH-]c1. The summed E-state index contributed by atoms with van der Waals surface area (Å²) in [6.45, 7) is 0. The number of cyclic esters (lactones) is 1. The van der Waals surface area contributed by atoms with Crippen molar-refractivity contribution < 1.29 is 26.6 Å². The molecule has 0 fully saturated rings. The van der Waals surface area contributed by atoms with Crippen molar-refractivity contribution in [1.29, 1.82) is 0 Å². The van der Waals surface area contributed by atoms with Crippen LogP contribution in [0.4, 0.5) is 0 Å². The molecule has 4 rings (SSSR count). The summed E-state index contributed by atoms with van der Waals surface area (Å²) in [5.41, 5.74) is 2.08. The van der Waals surface area contributed by atoms with Crippen molar-refractivity contribution in [1.82, 2.24) is 0 Å². The number of carbonyl (C=O) groups is 1. The number of aliphatic imine (C=N–C) groups is 1. The number of rotatable bonds is 2. The van der Waals surface area contributed by atoms with Gasteiger partial charge in [-0.15, -0.1) is 0 Å². The van der Waals surface area contributed by atoms with Gasteiger partial charge in [0.25, 0.3) is 0 Å². The Hall–Kier alpha value is -2.68. The second-order valence-corrected chi connectivity index (χ2v) is 4.88. The van der Waals surface area contributed by atoms with Gasteiger partial charge in [0.05, 0.1) is 0 Å². The molecular weight excluding hydrogens is 342 g/mol. The molecule has 0 saturated heterocycles. The standard InChI is InChI=1S/C15H10NO2.C5H5.Fe/c17-15-13(10-11-6-4-5-7-11)16-14(18-15)12-8-2-1-3-9-12;1-2-4-5-3-1;/h1-10H;1-5H;/q-5;-1;/b13-10-;;. The van der Waals surface area contributed by atoms with Crippen molar-refractivity contribution in [3.05, 3.63) is 102 Å². The zero-order chi connectivity index (χ0) is 15.9. The predicted molar refractivity (Wildman–Crippen MR) is 91.1 cm³/mol. The molecule has 0 saturated carbocycles. The van der Waals surface area contributed by atoms with Gasteiger partial charge in [-0.1, -0.05) is 18.2 Å². The molecule has 0 aliphatic carbocycles. The van der Waals surface area contributed by atoms with Crippen LogP contribution in [0, 0.1) is 0 Å². The van der Waals surface area contributed by atoms with E-state index in [2.05, 4.69) is 4.99 Å². The Bertz CT molecular complexity index is 784. The molecule has 3 aromatic rings. The minimum atomic E-state index is -0.407. The summed E-state index contributed by atoms with van der Waals surface area (Å²) in [7, 11) is 0.